The molecule has 0 atom stereocenters. The van der Waals surface area contributed by atoms with Gasteiger partial charge in [-0.3, -0.25) is 0 Å². The lowest BCUT2D eigenvalue weighted by atomic mass is 10.2. The molecule has 0 spiro atoms. The lowest BCUT2D eigenvalue weighted by Crippen LogP contribution is -2.37. The summed E-state index contributed by atoms with van der Waals surface area (Å²) in [4.78, 5) is 10.9. The number of nitrogens with zero attached hydrogens (tertiary/aromatic N) is 3. The van der Waals surface area contributed by atoms with Gasteiger partial charge in [0, 0.05) is 19.3 Å². The second-order valence-corrected chi connectivity index (χ2v) is 7.34. The van der Waals surface area contributed by atoms with Crippen molar-refractivity contribution in [2.75, 3.05) is 31.2 Å². The van der Waals surface area contributed by atoms with E-state index in [9.17, 15) is 8.42 Å². The van der Waals surface area contributed by atoms with Crippen LogP contribution >= 0.6 is 0 Å². The molecule has 3 rings (SSSR count). The van der Waals surface area contributed by atoms with Gasteiger partial charge in [-0.2, -0.15) is 0 Å². The van der Waals surface area contributed by atoms with Crippen molar-refractivity contribution < 1.29 is 13.2 Å². The first-order valence-electron chi connectivity index (χ1n) is 7.75. The third-order valence-corrected chi connectivity index (χ3v) is 5.19. The van der Waals surface area contributed by atoms with Crippen LogP contribution in [0, 0.1) is 6.92 Å². The number of sulfonamides is 1. The maximum Gasteiger partial charge on any atom is 0.240 e. The zero-order valence-corrected chi connectivity index (χ0v) is 14.3. The van der Waals surface area contributed by atoms with Gasteiger partial charge in [0.2, 0.25) is 10.0 Å². The predicted octanol–water partition coefficient (Wildman–Crippen LogP) is 1.10. The van der Waals surface area contributed by atoms with Gasteiger partial charge in [0.15, 0.2) is 0 Å². The van der Waals surface area contributed by atoms with Crippen molar-refractivity contribution in [1.29, 1.82) is 0 Å². The maximum atomic E-state index is 12.3. The van der Waals surface area contributed by atoms with Crippen LogP contribution in [-0.4, -0.2) is 44.7 Å². The fraction of sp³-hybridized carbons (Fsp3) is 0.375. The van der Waals surface area contributed by atoms with Gasteiger partial charge in [-0.1, -0.05) is 17.7 Å². The molecule has 1 aromatic carbocycles. The van der Waals surface area contributed by atoms with Crippen molar-refractivity contribution in [3.63, 3.8) is 0 Å². The molecule has 8 heteroatoms. The second kappa shape index (κ2) is 7.25. The highest BCUT2D eigenvalue weighted by molar-refractivity contribution is 7.89. The summed E-state index contributed by atoms with van der Waals surface area (Å²) in [7, 11) is -3.58. The number of benzene rings is 1. The number of rotatable bonds is 5. The summed E-state index contributed by atoms with van der Waals surface area (Å²) < 4.78 is 32.5. The maximum absolute atomic E-state index is 12.3. The number of aromatic nitrogens is 2. The van der Waals surface area contributed by atoms with Crippen molar-refractivity contribution in [3.05, 3.63) is 47.9 Å². The molecule has 0 saturated carbocycles. The van der Waals surface area contributed by atoms with Gasteiger partial charge in [0.05, 0.1) is 24.7 Å². The van der Waals surface area contributed by atoms with E-state index in [2.05, 4.69) is 19.6 Å². The van der Waals surface area contributed by atoms with Crippen molar-refractivity contribution in [2.24, 2.45) is 0 Å². The van der Waals surface area contributed by atoms with Gasteiger partial charge in [-0.25, -0.2) is 23.1 Å². The molecule has 0 amide bonds. The van der Waals surface area contributed by atoms with Crippen LogP contribution in [0.15, 0.2) is 41.4 Å². The normalized spacial score (nSPS) is 15.5. The Kier molecular flexibility index (Phi) is 5.08. The summed E-state index contributed by atoms with van der Waals surface area (Å²) >= 11 is 0. The van der Waals surface area contributed by atoms with Crippen LogP contribution in [0.1, 0.15) is 11.4 Å². The highest BCUT2D eigenvalue weighted by atomic mass is 32.2. The molecule has 128 valence electrons. The predicted molar refractivity (Wildman–Crippen MR) is 90.3 cm³/mol. The second-order valence-electron chi connectivity index (χ2n) is 5.57. The van der Waals surface area contributed by atoms with E-state index in [4.69, 9.17) is 4.74 Å². The van der Waals surface area contributed by atoms with Crippen molar-refractivity contribution in [1.82, 2.24) is 14.7 Å². The largest absolute Gasteiger partial charge is 0.378 e. The number of hydrogen-bond donors (Lipinski definition) is 1. The van der Waals surface area contributed by atoms with Crippen LogP contribution in [0.2, 0.25) is 0 Å². The zero-order chi connectivity index (χ0) is 17.0. The summed E-state index contributed by atoms with van der Waals surface area (Å²) in [5.41, 5.74) is 1.01. The van der Waals surface area contributed by atoms with Crippen molar-refractivity contribution >= 4 is 15.8 Å². The average molecular weight is 348 g/mol. The minimum Gasteiger partial charge on any atom is -0.378 e. The number of morpholine rings is 1. The molecule has 0 radical (unpaired) electrons. The summed E-state index contributed by atoms with van der Waals surface area (Å²) in [5.74, 6) is 1.23. The van der Waals surface area contributed by atoms with Crippen molar-refractivity contribution in [2.45, 2.75) is 18.4 Å². The molecular weight excluding hydrogens is 328 g/mol. The Bertz CT molecular complexity index is 787. The third-order valence-electron chi connectivity index (χ3n) is 3.78. The fourth-order valence-corrected chi connectivity index (χ4v) is 3.38. The zero-order valence-electron chi connectivity index (χ0n) is 13.5. The molecule has 0 unspecified atom stereocenters. The van der Waals surface area contributed by atoms with E-state index >= 15 is 0 Å². The summed E-state index contributed by atoms with van der Waals surface area (Å²) in [5, 5.41) is 0. The minimum absolute atomic E-state index is 0.0500. The average Bonchev–Trinajstić information content (AvgIpc) is 2.61. The molecule has 1 aliphatic heterocycles. The van der Waals surface area contributed by atoms with Crippen LogP contribution in [0.4, 0.5) is 5.82 Å². The lowest BCUT2D eigenvalue weighted by Gasteiger charge is -2.27. The van der Waals surface area contributed by atoms with E-state index in [0.29, 0.717) is 19.0 Å². The Morgan fingerprint density at radius 1 is 1.17 bits per heavy atom. The number of aryl methyl sites for hydroxylation is 1. The molecule has 7 nitrogen and oxygen atoms in total. The van der Waals surface area contributed by atoms with Crippen molar-refractivity contribution in [3.8, 4) is 0 Å². The Balaban J connectivity index is 1.68. The first-order valence-corrected chi connectivity index (χ1v) is 9.24. The fourth-order valence-electron chi connectivity index (χ4n) is 2.40. The molecule has 1 aliphatic rings. The molecular formula is C16H20N4O3S. The minimum atomic E-state index is -3.58. The van der Waals surface area contributed by atoms with Gasteiger partial charge < -0.3 is 9.64 Å². The van der Waals surface area contributed by atoms with Gasteiger partial charge in [-0.05, 0) is 25.1 Å². The smallest absolute Gasteiger partial charge is 0.240 e. The van der Waals surface area contributed by atoms with E-state index in [-0.39, 0.29) is 11.4 Å². The number of hydrogen-bond acceptors (Lipinski definition) is 6. The van der Waals surface area contributed by atoms with Gasteiger partial charge in [-0.15, -0.1) is 0 Å². The topological polar surface area (TPSA) is 84.4 Å². The van der Waals surface area contributed by atoms with Gasteiger partial charge in [0.1, 0.15) is 11.6 Å². The van der Waals surface area contributed by atoms with E-state index < -0.39 is 10.0 Å². The van der Waals surface area contributed by atoms with E-state index in [1.165, 1.54) is 0 Å². The first-order chi connectivity index (χ1) is 11.5. The molecule has 1 N–H and O–H groups in total. The number of nitrogens with one attached hydrogen (secondary N) is 1. The molecule has 0 aliphatic carbocycles. The van der Waals surface area contributed by atoms with Crippen LogP contribution in [0.3, 0.4) is 0 Å². The molecule has 2 heterocycles. The van der Waals surface area contributed by atoms with E-state index in [1.54, 1.807) is 30.5 Å². The first kappa shape index (κ1) is 16.8. The van der Waals surface area contributed by atoms with Gasteiger partial charge in [0.25, 0.3) is 0 Å². The number of anilines is 1. The van der Waals surface area contributed by atoms with Crippen LogP contribution in [-0.2, 0) is 21.3 Å². The number of ether oxygens (including phenoxy) is 1. The monoisotopic (exact) mass is 348 g/mol. The Morgan fingerprint density at radius 3 is 2.58 bits per heavy atom. The van der Waals surface area contributed by atoms with Gasteiger partial charge >= 0.3 is 0 Å². The van der Waals surface area contributed by atoms with Crippen LogP contribution in [0.25, 0.3) is 0 Å². The summed E-state index contributed by atoms with van der Waals surface area (Å²) in [6.45, 7) is 4.83. The molecule has 1 aromatic heterocycles. The van der Waals surface area contributed by atoms with Crippen LogP contribution < -0.4 is 9.62 Å². The molecule has 2 aromatic rings. The molecule has 1 fully saturated rings. The Hall–Kier alpha value is -2.03. The van der Waals surface area contributed by atoms with E-state index in [1.807, 2.05) is 13.0 Å². The highest BCUT2D eigenvalue weighted by Gasteiger charge is 2.16. The molecule has 0 bridgehead atoms. The summed E-state index contributed by atoms with van der Waals surface area (Å²) in [6, 6.07) is 8.53. The molecule has 24 heavy (non-hydrogen) atoms. The lowest BCUT2D eigenvalue weighted by molar-refractivity contribution is 0.122. The SMILES string of the molecule is Cc1ccc(S(=O)(=O)NCc2nccc(N3CCOCC3)n2)cc1. The Morgan fingerprint density at radius 2 is 1.88 bits per heavy atom. The standard InChI is InChI=1S/C16H20N4O3S/c1-13-2-4-14(5-3-13)24(21,22)18-12-15-17-7-6-16(19-15)20-8-10-23-11-9-20/h2-7,18H,8-12H2,1H3. The highest BCUT2D eigenvalue weighted by Crippen LogP contribution is 2.13. The molecule has 1 saturated heterocycles. The Labute approximate surface area is 141 Å². The quantitative estimate of drug-likeness (QED) is 0.871. The van der Waals surface area contributed by atoms with Crippen LogP contribution in [0.5, 0.6) is 0 Å². The third kappa shape index (κ3) is 4.08. The summed E-state index contributed by atoms with van der Waals surface area (Å²) in [6.07, 6.45) is 1.65. The van der Waals surface area contributed by atoms with E-state index in [0.717, 1.165) is 24.5 Å².